The number of carbonyl (C=O) groups excluding carboxylic acids is 3. The van der Waals surface area contributed by atoms with Crippen LogP contribution in [0.1, 0.15) is 43.2 Å². The van der Waals surface area contributed by atoms with E-state index < -0.39 is 35.1 Å². The smallest absolute Gasteiger partial charge is 0.250 e. The molecule has 2 saturated heterocycles. The Hall–Kier alpha value is -3.46. The summed E-state index contributed by atoms with van der Waals surface area (Å²) in [7, 11) is 0. The van der Waals surface area contributed by atoms with Gasteiger partial charge in [0.25, 0.3) is 0 Å². The molecular formula is C26H26FN3O5. The largest absolute Gasteiger partial charge is 0.504 e. The molecule has 35 heavy (non-hydrogen) atoms. The van der Waals surface area contributed by atoms with Crippen molar-refractivity contribution in [2.45, 2.75) is 56.1 Å². The molecular weight excluding hydrogens is 453 g/mol. The van der Waals surface area contributed by atoms with Crippen molar-refractivity contribution in [2.24, 2.45) is 11.8 Å². The maximum absolute atomic E-state index is 14.4. The van der Waals surface area contributed by atoms with Gasteiger partial charge >= 0.3 is 0 Å². The summed E-state index contributed by atoms with van der Waals surface area (Å²) in [6.07, 6.45) is 4.65. The lowest BCUT2D eigenvalue weighted by atomic mass is 9.76. The first-order valence-electron chi connectivity index (χ1n) is 12.1. The van der Waals surface area contributed by atoms with Gasteiger partial charge in [-0.05, 0) is 55.2 Å². The van der Waals surface area contributed by atoms with Gasteiger partial charge in [0.1, 0.15) is 11.4 Å². The van der Waals surface area contributed by atoms with Crippen LogP contribution in [0.2, 0.25) is 0 Å². The van der Waals surface area contributed by atoms with Crippen LogP contribution >= 0.6 is 0 Å². The number of fused-ring (bicyclic) bond motifs is 4. The number of phenols is 2. The Morgan fingerprint density at radius 1 is 0.971 bits per heavy atom. The van der Waals surface area contributed by atoms with Gasteiger partial charge in [-0.15, -0.1) is 0 Å². The van der Waals surface area contributed by atoms with Crippen LogP contribution in [0.5, 0.6) is 11.5 Å². The predicted molar refractivity (Wildman–Crippen MR) is 123 cm³/mol. The number of benzene rings is 2. The average molecular weight is 480 g/mol. The number of rotatable bonds is 3. The average Bonchev–Trinajstić information content (AvgIpc) is 3.41. The van der Waals surface area contributed by atoms with E-state index in [0.29, 0.717) is 16.8 Å². The molecule has 0 radical (unpaired) electrons. The first-order valence-corrected chi connectivity index (χ1v) is 12.1. The number of imide groups is 1. The maximum atomic E-state index is 14.4. The minimum Gasteiger partial charge on any atom is -0.504 e. The first-order chi connectivity index (χ1) is 16.8. The Morgan fingerprint density at radius 2 is 1.74 bits per heavy atom. The van der Waals surface area contributed by atoms with Crippen LogP contribution in [0.15, 0.2) is 36.4 Å². The third-order valence-electron chi connectivity index (χ3n) is 8.15. The zero-order chi connectivity index (χ0) is 24.5. The minimum atomic E-state index is -1.57. The molecule has 4 N–H and O–H groups in total. The molecule has 3 aliphatic heterocycles. The molecule has 3 heterocycles. The molecule has 1 spiro atoms. The van der Waals surface area contributed by atoms with Gasteiger partial charge < -0.3 is 15.5 Å². The molecule has 9 heteroatoms. The Bertz CT molecular complexity index is 1260. The lowest BCUT2D eigenvalue weighted by molar-refractivity contribution is -0.146. The molecule has 2 aromatic rings. The molecule has 2 aromatic carbocycles. The summed E-state index contributed by atoms with van der Waals surface area (Å²) in [4.78, 5) is 42.6. The van der Waals surface area contributed by atoms with Crippen molar-refractivity contribution >= 4 is 23.4 Å². The number of anilines is 1. The van der Waals surface area contributed by atoms with E-state index in [-0.39, 0.29) is 35.8 Å². The highest BCUT2D eigenvalue weighted by atomic mass is 19.1. The number of hydrogen-bond donors (Lipinski definition) is 4. The van der Waals surface area contributed by atoms with Crippen molar-refractivity contribution in [2.75, 3.05) is 5.32 Å². The van der Waals surface area contributed by atoms with Gasteiger partial charge in [-0.25, -0.2) is 4.39 Å². The van der Waals surface area contributed by atoms with E-state index in [1.807, 2.05) is 0 Å². The van der Waals surface area contributed by atoms with Crippen molar-refractivity contribution in [1.29, 1.82) is 0 Å². The van der Waals surface area contributed by atoms with Crippen molar-refractivity contribution in [3.05, 3.63) is 53.3 Å². The molecule has 0 bridgehead atoms. The van der Waals surface area contributed by atoms with E-state index in [1.54, 1.807) is 6.07 Å². The Labute approximate surface area is 201 Å². The fraction of sp³-hybridized carbons (Fsp3) is 0.423. The fourth-order valence-corrected chi connectivity index (χ4v) is 6.62. The van der Waals surface area contributed by atoms with Crippen molar-refractivity contribution < 1.29 is 29.0 Å². The Morgan fingerprint density at radius 3 is 2.49 bits per heavy atom. The third kappa shape index (κ3) is 3.10. The molecule has 4 aliphatic rings. The van der Waals surface area contributed by atoms with Crippen LogP contribution in [-0.2, 0) is 26.3 Å². The summed E-state index contributed by atoms with van der Waals surface area (Å²) in [5.74, 6) is -4.09. The predicted octanol–water partition coefficient (Wildman–Crippen LogP) is 2.53. The zero-order valence-electron chi connectivity index (χ0n) is 19.0. The molecule has 6 rings (SSSR count). The van der Waals surface area contributed by atoms with E-state index in [1.165, 1.54) is 35.2 Å². The Balaban J connectivity index is 1.46. The van der Waals surface area contributed by atoms with Crippen LogP contribution in [0, 0.1) is 17.7 Å². The van der Waals surface area contributed by atoms with Gasteiger partial charge in [0.15, 0.2) is 11.5 Å². The Kier molecular flexibility index (Phi) is 4.90. The number of hydrogen-bond acceptors (Lipinski definition) is 6. The van der Waals surface area contributed by atoms with Crippen LogP contribution < -0.4 is 10.6 Å². The lowest BCUT2D eigenvalue weighted by Crippen LogP contribution is -2.54. The number of halogens is 1. The normalized spacial score (nSPS) is 30.1. The number of amides is 3. The lowest BCUT2D eigenvalue weighted by Gasteiger charge is -2.34. The van der Waals surface area contributed by atoms with Crippen molar-refractivity contribution in [1.82, 2.24) is 10.2 Å². The number of nitrogens with zero attached hydrogens (tertiary/aromatic N) is 1. The molecule has 3 amide bonds. The van der Waals surface area contributed by atoms with Crippen LogP contribution in [-0.4, -0.2) is 44.9 Å². The number of nitrogens with one attached hydrogen (secondary N) is 2. The van der Waals surface area contributed by atoms with Gasteiger partial charge in [-0.1, -0.05) is 25.3 Å². The van der Waals surface area contributed by atoms with E-state index >= 15 is 0 Å². The number of aromatic hydroxyl groups is 2. The van der Waals surface area contributed by atoms with Crippen LogP contribution in [0.25, 0.3) is 0 Å². The summed E-state index contributed by atoms with van der Waals surface area (Å²) < 4.78 is 14.4. The van der Waals surface area contributed by atoms with E-state index in [2.05, 4.69) is 10.6 Å². The van der Waals surface area contributed by atoms with Gasteiger partial charge in [0.05, 0.1) is 11.8 Å². The van der Waals surface area contributed by atoms with Gasteiger partial charge in [0.2, 0.25) is 17.7 Å². The second-order valence-corrected chi connectivity index (χ2v) is 10.1. The van der Waals surface area contributed by atoms with Crippen molar-refractivity contribution in [3.63, 3.8) is 0 Å². The third-order valence-corrected chi connectivity index (χ3v) is 8.15. The first kappa shape index (κ1) is 22.0. The highest BCUT2D eigenvalue weighted by Crippen LogP contribution is 2.54. The number of likely N-dealkylation sites (tertiary alicyclic amines) is 1. The molecule has 0 unspecified atom stereocenters. The minimum absolute atomic E-state index is 0.193. The topological polar surface area (TPSA) is 119 Å². The molecule has 182 valence electrons. The van der Waals surface area contributed by atoms with Crippen LogP contribution in [0.3, 0.4) is 0 Å². The molecule has 4 atom stereocenters. The summed E-state index contributed by atoms with van der Waals surface area (Å²) in [6.45, 7) is 0. The quantitative estimate of drug-likeness (QED) is 0.397. The monoisotopic (exact) mass is 479 g/mol. The fourth-order valence-electron chi connectivity index (χ4n) is 6.62. The SMILES string of the molecule is O=C1[C@H]2[C@@H](C(=O)N1C1CCCCC1)[C@]1(N[C@@H]2Cc2ccc(O)c(O)c2)C(=O)Nc2ccc(F)cc21. The second kappa shape index (κ2) is 7.78. The van der Waals surface area contributed by atoms with Gasteiger partial charge in [-0.2, -0.15) is 0 Å². The summed E-state index contributed by atoms with van der Waals surface area (Å²) in [5.41, 5.74) is -0.188. The molecule has 8 nitrogen and oxygen atoms in total. The summed E-state index contributed by atoms with van der Waals surface area (Å²) >= 11 is 0. The molecule has 1 saturated carbocycles. The highest BCUT2D eigenvalue weighted by Gasteiger charge is 2.70. The maximum Gasteiger partial charge on any atom is 0.250 e. The van der Waals surface area contributed by atoms with E-state index in [0.717, 1.165) is 32.1 Å². The van der Waals surface area contributed by atoms with Crippen molar-refractivity contribution in [3.8, 4) is 11.5 Å². The number of carbonyl (C=O) groups is 3. The second-order valence-electron chi connectivity index (χ2n) is 10.1. The molecule has 0 aromatic heterocycles. The van der Waals surface area contributed by atoms with Crippen LogP contribution in [0.4, 0.5) is 10.1 Å². The van der Waals surface area contributed by atoms with Gasteiger partial charge in [0, 0.05) is 23.3 Å². The van der Waals surface area contributed by atoms with E-state index in [4.69, 9.17) is 0 Å². The molecule has 1 aliphatic carbocycles. The highest BCUT2D eigenvalue weighted by molar-refractivity contribution is 6.15. The number of phenolic OH excluding ortho intramolecular Hbond substituents is 2. The summed E-state index contributed by atoms with van der Waals surface area (Å²) in [5, 5.41) is 25.7. The van der Waals surface area contributed by atoms with Gasteiger partial charge in [-0.3, -0.25) is 24.6 Å². The molecule has 3 fully saturated rings. The summed E-state index contributed by atoms with van der Waals surface area (Å²) in [6, 6.07) is 7.55. The standard InChI is InChI=1S/C26H26FN3O5/c27-14-7-8-17-16(12-14)26(25(35)28-17)22-21(18(29-26)10-13-6-9-19(31)20(32)11-13)23(33)30(24(22)34)15-4-2-1-3-5-15/h6-9,11-12,15,18,21-22,29,31-32H,1-5,10H2,(H,28,35)/t18-,21-,22+,26+/m1/s1. The van der Waals surface area contributed by atoms with E-state index in [9.17, 15) is 29.0 Å². The zero-order valence-corrected chi connectivity index (χ0v) is 19.0.